The van der Waals surface area contributed by atoms with Crippen molar-refractivity contribution < 1.29 is 9.90 Å². The molecule has 21 heavy (non-hydrogen) atoms. The summed E-state index contributed by atoms with van der Waals surface area (Å²) in [6.07, 6.45) is 5.33. The SMILES string of the molecule is CC(C)CC(CCO)CNC(=O)C1C2CCC(C2)C1N.Cl. The van der Waals surface area contributed by atoms with E-state index >= 15 is 0 Å². The molecule has 0 saturated heterocycles. The van der Waals surface area contributed by atoms with Gasteiger partial charge in [0.15, 0.2) is 0 Å². The molecule has 2 rings (SSSR count). The minimum Gasteiger partial charge on any atom is -0.396 e. The second-order valence-corrected chi connectivity index (χ2v) is 7.19. The predicted molar refractivity (Wildman–Crippen MR) is 87.2 cm³/mol. The summed E-state index contributed by atoms with van der Waals surface area (Å²) in [5.74, 6) is 2.22. The van der Waals surface area contributed by atoms with Crippen molar-refractivity contribution in [3.63, 3.8) is 0 Å². The number of hydrogen-bond acceptors (Lipinski definition) is 3. The van der Waals surface area contributed by atoms with Gasteiger partial charge in [-0.2, -0.15) is 0 Å². The molecule has 2 aliphatic carbocycles. The average molecular weight is 319 g/mol. The number of nitrogens with two attached hydrogens (primary N) is 1. The van der Waals surface area contributed by atoms with Gasteiger partial charge in [0.25, 0.3) is 0 Å². The summed E-state index contributed by atoms with van der Waals surface area (Å²) in [5.41, 5.74) is 6.21. The second kappa shape index (κ2) is 8.35. The number of halogens is 1. The van der Waals surface area contributed by atoms with Crippen LogP contribution in [0, 0.1) is 29.6 Å². The Kier molecular flexibility index (Phi) is 7.45. The Bertz CT molecular complexity index is 336. The minimum atomic E-state index is 0. The Morgan fingerprint density at radius 3 is 2.52 bits per heavy atom. The highest BCUT2D eigenvalue weighted by molar-refractivity contribution is 5.85. The van der Waals surface area contributed by atoms with E-state index in [9.17, 15) is 4.79 Å². The normalized spacial score (nSPS) is 32.0. The molecule has 2 bridgehead atoms. The van der Waals surface area contributed by atoms with Gasteiger partial charge in [-0.15, -0.1) is 12.4 Å². The van der Waals surface area contributed by atoms with Crippen molar-refractivity contribution >= 4 is 18.3 Å². The maximum absolute atomic E-state index is 12.4. The van der Waals surface area contributed by atoms with Gasteiger partial charge < -0.3 is 16.2 Å². The van der Waals surface area contributed by atoms with E-state index in [1.807, 2.05) is 0 Å². The largest absolute Gasteiger partial charge is 0.396 e. The molecular formula is C16H31ClN2O2. The number of aliphatic hydroxyl groups is 1. The number of rotatable bonds is 7. The molecule has 2 aliphatic rings. The van der Waals surface area contributed by atoms with Gasteiger partial charge in [-0.05, 0) is 55.8 Å². The zero-order valence-corrected chi connectivity index (χ0v) is 14.1. The third kappa shape index (κ3) is 4.57. The van der Waals surface area contributed by atoms with Crippen LogP contribution in [0.15, 0.2) is 0 Å². The molecule has 5 heteroatoms. The lowest BCUT2D eigenvalue weighted by Gasteiger charge is -2.28. The van der Waals surface area contributed by atoms with E-state index in [2.05, 4.69) is 19.2 Å². The highest BCUT2D eigenvalue weighted by atomic mass is 35.5. The minimum absolute atomic E-state index is 0. The first-order valence-corrected chi connectivity index (χ1v) is 8.17. The van der Waals surface area contributed by atoms with Crippen LogP contribution in [0.1, 0.15) is 46.0 Å². The second-order valence-electron chi connectivity index (χ2n) is 7.19. The summed E-state index contributed by atoms with van der Waals surface area (Å²) >= 11 is 0. The first-order valence-electron chi connectivity index (χ1n) is 8.17. The fraction of sp³-hybridized carbons (Fsp3) is 0.938. The Morgan fingerprint density at radius 2 is 2.00 bits per heavy atom. The molecule has 0 aliphatic heterocycles. The molecule has 5 unspecified atom stereocenters. The lowest BCUT2D eigenvalue weighted by atomic mass is 9.84. The molecule has 0 radical (unpaired) electrons. The molecule has 2 saturated carbocycles. The van der Waals surface area contributed by atoms with Crippen LogP contribution in [-0.4, -0.2) is 30.2 Å². The number of hydrogen-bond donors (Lipinski definition) is 3. The van der Waals surface area contributed by atoms with Crippen molar-refractivity contribution in [1.29, 1.82) is 0 Å². The average Bonchev–Trinajstić information content (AvgIpc) is 2.96. The molecule has 0 spiro atoms. The summed E-state index contributed by atoms with van der Waals surface area (Å²) < 4.78 is 0. The summed E-state index contributed by atoms with van der Waals surface area (Å²) in [5, 5.41) is 12.2. The van der Waals surface area contributed by atoms with Gasteiger partial charge in [0.2, 0.25) is 5.91 Å². The Labute approximate surface area is 134 Å². The van der Waals surface area contributed by atoms with Crippen molar-refractivity contribution in [1.82, 2.24) is 5.32 Å². The predicted octanol–water partition coefficient (Wildman–Crippen LogP) is 1.94. The Balaban J connectivity index is 0.00000220. The summed E-state index contributed by atoms with van der Waals surface area (Å²) in [6, 6.07) is 0.0649. The Hall–Kier alpha value is -0.320. The lowest BCUT2D eigenvalue weighted by Crippen LogP contribution is -2.46. The highest BCUT2D eigenvalue weighted by Crippen LogP contribution is 2.47. The number of amides is 1. The van der Waals surface area contributed by atoms with Gasteiger partial charge in [-0.3, -0.25) is 4.79 Å². The molecule has 0 heterocycles. The fourth-order valence-corrected chi connectivity index (χ4v) is 4.24. The van der Waals surface area contributed by atoms with Crippen LogP contribution in [0.25, 0.3) is 0 Å². The van der Waals surface area contributed by atoms with E-state index in [1.165, 1.54) is 12.8 Å². The van der Waals surface area contributed by atoms with Gasteiger partial charge in [-0.25, -0.2) is 0 Å². The highest BCUT2D eigenvalue weighted by Gasteiger charge is 2.48. The van der Waals surface area contributed by atoms with E-state index in [1.54, 1.807) is 0 Å². The van der Waals surface area contributed by atoms with E-state index in [0.717, 1.165) is 19.3 Å². The topological polar surface area (TPSA) is 75.3 Å². The monoisotopic (exact) mass is 318 g/mol. The molecule has 2 fully saturated rings. The first-order chi connectivity index (χ1) is 9.52. The van der Waals surface area contributed by atoms with Crippen LogP contribution in [0.5, 0.6) is 0 Å². The van der Waals surface area contributed by atoms with Gasteiger partial charge in [0, 0.05) is 19.2 Å². The maximum Gasteiger partial charge on any atom is 0.224 e. The molecule has 0 aromatic carbocycles. The fourth-order valence-electron chi connectivity index (χ4n) is 4.24. The molecular weight excluding hydrogens is 288 g/mol. The molecule has 0 aromatic heterocycles. The van der Waals surface area contributed by atoms with Gasteiger partial charge in [0.05, 0.1) is 5.92 Å². The molecule has 0 aromatic rings. The number of fused-ring (bicyclic) bond motifs is 2. The molecule has 5 atom stereocenters. The van der Waals surface area contributed by atoms with Crippen LogP contribution in [0.2, 0.25) is 0 Å². The maximum atomic E-state index is 12.4. The van der Waals surface area contributed by atoms with E-state index in [4.69, 9.17) is 10.8 Å². The van der Waals surface area contributed by atoms with E-state index in [0.29, 0.717) is 30.2 Å². The quantitative estimate of drug-likeness (QED) is 0.671. The van der Waals surface area contributed by atoms with Crippen LogP contribution >= 0.6 is 12.4 Å². The third-order valence-electron chi connectivity index (χ3n) is 5.19. The van der Waals surface area contributed by atoms with Gasteiger partial charge in [0.1, 0.15) is 0 Å². The van der Waals surface area contributed by atoms with Crippen molar-refractivity contribution in [2.45, 2.75) is 52.0 Å². The third-order valence-corrected chi connectivity index (χ3v) is 5.19. The number of carbonyl (C=O) groups is 1. The lowest BCUT2D eigenvalue weighted by molar-refractivity contribution is -0.127. The van der Waals surface area contributed by atoms with Crippen LogP contribution in [0.4, 0.5) is 0 Å². The molecule has 124 valence electrons. The van der Waals surface area contributed by atoms with Gasteiger partial charge >= 0.3 is 0 Å². The number of carbonyl (C=O) groups excluding carboxylic acids is 1. The van der Waals surface area contributed by atoms with Gasteiger partial charge in [-0.1, -0.05) is 13.8 Å². The zero-order chi connectivity index (χ0) is 14.7. The van der Waals surface area contributed by atoms with Crippen molar-refractivity contribution in [2.24, 2.45) is 35.3 Å². The van der Waals surface area contributed by atoms with Crippen molar-refractivity contribution in [3.8, 4) is 0 Å². The van der Waals surface area contributed by atoms with Crippen LogP contribution in [-0.2, 0) is 4.79 Å². The van der Waals surface area contributed by atoms with Crippen LogP contribution in [0.3, 0.4) is 0 Å². The standard InChI is InChI=1S/C16H30N2O2.ClH/c1-10(2)7-11(5-6-19)9-18-16(20)14-12-3-4-13(8-12)15(14)17;/h10-15,19H,3-9,17H2,1-2H3,(H,18,20);1H. The molecule has 1 amide bonds. The zero-order valence-electron chi connectivity index (χ0n) is 13.3. The van der Waals surface area contributed by atoms with Crippen molar-refractivity contribution in [2.75, 3.05) is 13.2 Å². The number of nitrogens with one attached hydrogen (secondary N) is 1. The molecule has 4 N–H and O–H groups in total. The summed E-state index contributed by atoms with van der Waals surface area (Å²) in [6.45, 7) is 5.23. The van der Waals surface area contributed by atoms with E-state index < -0.39 is 0 Å². The first kappa shape index (κ1) is 18.7. The Morgan fingerprint density at radius 1 is 1.33 bits per heavy atom. The smallest absolute Gasteiger partial charge is 0.224 e. The van der Waals surface area contributed by atoms with E-state index in [-0.39, 0.29) is 36.9 Å². The molecule has 4 nitrogen and oxygen atoms in total. The summed E-state index contributed by atoms with van der Waals surface area (Å²) in [7, 11) is 0. The van der Waals surface area contributed by atoms with Crippen molar-refractivity contribution in [3.05, 3.63) is 0 Å². The van der Waals surface area contributed by atoms with Crippen LogP contribution < -0.4 is 11.1 Å². The summed E-state index contributed by atoms with van der Waals surface area (Å²) in [4.78, 5) is 12.4. The number of aliphatic hydroxyl groups excluding tert-OH is 1.